The van der Waals surface area contributed by atoms with Crippen LogP contribution in [0.15, 0.2) is 12.1 Å². The molecule has 1 aromatic carbocycles. The van der Waals surface area contributed by atoms with Crippen molar-refractivity contribution in [3.05, 3.63) is 28.8 Å². The van der Waals surface area contributed by atoms with E-state index in [-0.39, 0.29) is 24.0 Å². The fourth-order valence-electron chi connectivity index (χ4n) is 5.67. The Bertz CT molecular complexity index is 748. The molecular weight excluding hydrogens is 425 g/mol. The van der Waals surface area contributed by atoms with Crippen molar-refractivity contribution in [2.24, 2.45) is 23.7 Å². The molecule has 2 atom stereocenters. The van der Waals surface area contributed by atoms with Crippen molar-refractivity contribution in [1.82, 2.24) is 0 Å². The zero-order valence-electron chi connectivity index (χ0n) is 20.9. The molecule has 1 aliphatic carbocycles. The minimum atomic E-state index is -4.68. The molecule has 0 saturated heterocycles. The number of rotatable bonds is 12. The molecule has 1 aromatic rings. The summed E-state index contributed by atoms with van der Waals surface area (Å²) >= 11 is 0. The molecule has 0 spiro atoms. The molecule has 188 valence electrons. The monoisotopic (exact) mass is 468 g/mol. The molecule has 0 amide bonds. The van der Waals surface area contributed by atoms with Gasteiger partial charge in [-0.2, -0.15) is 13.2 Å². The molecule has 1 fully saturated rings. The molecular formula is C28H43F3O2. The van der Waals surface area contributed by atoms with Crippen LogP contribution in [0.25, 0.3) is 0 Å². The van der Waals surface area contributed by atoms with Crippen LogP contribution in [-0.4, -0.2) is 10.9 Å². The number of hydrogen-bond donors (Lipinski definition) is 1. The number of benzene rings is 1. The summed E-state index contributed by atoms with van der Waals surface area (Å²) in [5, 5.41) is 10.2. The van der Waals surface area contributed by atoms with Crippen LogP contribution in [0.2, 0.25) is 0 Å². The topological polar surface area (TPSA) is 37.3 Å². The lowest BCUT2D eigenvalue weighted by molar-refractivity contribution is -0.139. The number of ketones is 1. The van der Waals surface area contributed by atoms with Crippen LogP contribution in [0.1, 0.15) is 120 Å². The molecule has 2 unspecified atom stereocenters. The number of aromatic hydroxyl groups is 1. The molecule has 1 aliphatic rings. The molecule has 0 aliphatic heterocycles. The highest BCUT2D eigenvalue weighted by Crippen LogP contribution is 2.42. The Kier molecular flexibility index (Phi) is 10.8. The van der Waals surface area contributed by atoms with Gasteiger partial charge in [-0.05, 0) is 61.0 Å². The van der Waals surface area contributed by atoms with E-state index in [0.717, 1.165) is 37.5 Å². The highest BCUT2D eigenvalue weighted by atomic mass is 19.4. The van der Waals surface area contributed by atoms with E-state index in [9.17, 15) is 23.1 Å². The molecule has 5 heteroatoms. The van der Waals surface area contributed by atoms with Crippen molar-refractivity contribution in [2.75, 3.05) is 0 Å². The van der Waals surface area contributed by atoms with E-state index in [1.165, 1.54) is 44.2 Å². The quantitative estimate of drug-likeness (QED) is 0.311. The summed E-state index contributed by atoms with van der Waals surface area (Å²) in [4.78, 5) is 11.9. The Morgan fingerprint density at radius 3 is 2.27 bits per heavy atom. The zero-order chi connectivity index (χ0) is 24.6. The van der Waals surface area contributed by atoms with Crippen LogP contribution in [0.5, 0.6) is 5.75 Å². The summed E-state index contributed by atoms with van der Waals surface area (Å²) in [6.45, 7) is 8.50. The highest BCUT2D eigenvalue weighted by molar-refractivity contribution is 5.99. The van der Waals surface area contributed by atoms with Crippen molar-refractivity contribution in [2.45, 2.75) is 111 Å². The van der Waals surface area contributed by atoms with Gasteiger partial charge in [0, 0.05) is 6.42 Å². The standard InChI is InChI=1S/C28H43F3O2/c1-5-8-20(6-2)10-9-19(4)22-14-11-21(12-15-22)13-16-23-17-18-24(25(32)7-3)27(33)26(23)28(29,30)31/h17-22,33H,5-16H2,1-4H3. The van der Waals surface area contributed by atoms with E-state index in [1.807, 2.05) is 0 Å². The second-order valence-corrected chi connectivity index (χ2v) is 10.2. The summed E-state index contributed by atoms with van der Waals surface area (Å²) in [7, 11) is 0. The predicted molar refractivity (Wildman–Crippen MR) is 129 cm³/mol. The SMILES string of the molecule is CCCC(CC)CCC(C)C1CCC(CCc2ccc(C(=O)CC)c(O)c2C(F)(F)F)CC1. The summed E-state index contributed by atoms with van der Waals surface area (Å²) in [6.07, 6.45) is 7.25. The average Bonchev–Trinajstić information content (AvgIpc) is 2.79. The van der Waals surface area contributed by atoms with Gasteiger partial charge in [-0.25, -0.2) is 0 Å². The fourth-order valence-corrected chi connectivity index (χ4v) is 5.67. The molecule has 0 bridgehead atoms. The van der Waals surface area contributed by atoms with Gasteiger partial charge in [-0.15, -0.1) is 0 Å². The molecule has 2 rings (SSSR count). The van der Waals surface area contributed by atoms with Gasteiger partial charge < -0.3 is 5.11 Å². The van der Waals surface area contributed by atoms with Gasteiger partial charge in [0.2, 0.25) is 0 Å². The lowest BCUT2D eigenvalue weighted by atomic mass is 9.73. The second-order valence-electron chi connectivity index (χ2n) is 10.2. The summed E-state index contributed by atoms with van der Waals surface area (Å²) in [5.74, 6) is 1.34. The number of phenolic OH excluding ortho intramolecular Hbond substituents is 1. The van der Waals surface area contributed by atoms with Crippen LogP contribution in [-0.2, 0) is 12.6 Å². The predicted octanol–water partition coefficient (Wildman–Crippen LogP) is 8.99. The number of carbonyl (C=O) groups excluding carboxylic acids is 1. The third-order valence-corrected chi connectivity index (χ3v) is 7.99. The van der Waals surface area contributed by atoms with Gasteiger partial charge in [-0.3, -0.25) is 4.79 Å². The number of halogens is 3. The largest absolute Gasteiger partial charge is 0.507 e. The van der Waals surface area contributed by atoms with Crippen LogP contribution in [0.3, 0.4) is 0 Å². The Morgan fingerprint density at radius 1 is 1.06 bits per heavy atom. The van der Waals surface area contributed by atoms with E-state index in [2.05, 4.69) is 20.8 Å². The third kappa shape index (κ3) is 7.75. The first-order valence-corrected chi connectivity index (χ1v) is 13.1. The molecule has 2 nitrogen and oxygen atoms in total. The average molecular weight is 469 g/mol. The molecule has 0 heterocycles. The van der Waals surface area contributed by atoms with Crippen molar-refractivity contribution < 1.29 is 23.1 Å². The number of Topliss-reactive ketones (excluding diaryl/α,β-unsaturated/α-hetero) is 1. The number of carbonyl (C=O) groups is 1. The van der Waals surface area contributed by atoms with Crippen molar-refractivity contribution >= 4 is 5.78 Å². The first-order valence-electron chi connectivity index (χ1n) is 13.1. The minimum absolute atomic E-state index is 0.0591. The second kappa shape index (κ2) is 12.8. The maximum Gasteiger partial charge on any atom is 0.420 e. The maximum absolute atomic E-state index is 13.7. The summed E-state index contributed by atoms with van der Waals surface area (Å²) in [5.41, 5.74) is -1.15. The number of phenols is 1. The minimum Gasteiger partial charge on any atom is -0.507 e. The summed E-state index contributed by atoms with van der Waals surface area (Å²) in [6, 6.07) is 2.74. The third-order valence-electron chi connectivity index (χ3n) is 7.99. The highest BCUT2D eigenvalue weighted by Gasteiger charge is 2.38. The summed E-state index contributed by atoms with van der Waals surface area (Å²) < 4.78 is 41.1. The molecule has 0 aromatic heterocycles. The van der Waals surface area contributed by atoms with Gasteiger partial charge in [0.25, 0.3) is 0 Å². The van der Waals surface area contributed by atoms with Crippen LogP contribution >= 0.6 is 0 Å². The van der Waals surface area contributed by atoms with E-state index in [4.69, 9.17) is 0 Å². The molecule has 0 radical (unpaired) electrons. The van der Waals surface area contributed by atoms with E-state index >= 15 is 0 Å². The Morgan fingerprint density at radius 2 is 1.73 bits per heavy atom. The Hall–Kier alpha value is -1.52. The molecule has 33 heavy (non-hydrogen) atoms. The van der Waals surface area contributed by atoms with Crippen molar-refractivity contribution in [3.8, 4) is 5.75 Å². The fraction of sp³-hybridized carbons (Fsp3) is 0.750. The Labute approximate surface area is 198 Å². The van der Waals surface area contributed by atoms with E-state index < -0.39 is 23.3 Å². The van der Waals surface area contributed by atoms with Crippen LogP contribution in [0, 0.1) is 23.7 Å². The first kappa shape index (κ1) is 27.7. The van der Waals surface area contributed by atoms with Crippen LogP contribution in [0.4, 0.5) is 13.2 Å². The first-order chi connectivity index (χ1) is 15.6. The van der Waals surface area contributed by atoms with Crippen molar-refractivity contribution in [1.29, 1.82) is 0 Å². The molecule has 1 N–H and O–H groups in total. The molecule has 1 saturated carbocycles. The van der Waals surface area contributed by atoms with E-state index in [0.29, 0.717) is 18.3 Å². The Balaban J connectivity index is 1.93. The van der Waals surface area contributed by atoms with Gasteiger partial charge >= 0.3 is 6.18 Å². The van der Waals surface area contributed by atoms with Crippen molar-refractivity contribution in [3.63, 3.8) is 0 Å². The zero-order valence-corrected chi connectivity index (χ0v) is 20.9. The van der Waals surface area contributed by atoms with Gasteiger partial charge in [0.05, 0.1) is 5.56 Å². The lowest BCUT2D eigenvalue weighted by Gasteiger charge is -2.33. The van der Waals surface area contributed by atoms with E-state index in [1.54, 1.807) is 6.92 Å². The maximum atomic E-state index is 13.7. The normalized spacial score (nSPS) is 21.1. The number of alkyl halides is 3. The van der Waals surface area contributed by atoms with Gasteiger partial charge in [0.1, 0.15) is 11.3 Å². The smallest absolute Gasteiger partial charge is 0.420 e. The van der Waals surface area contributed by atoms with Crippen LogP contribution < -0.4 is 0 Å². The number of aryl methyl sites for hydroxylation is 1. The lowest BCUT2D eigenvalue weighted by Crippen LogP contribution is -2.21. The number of hydrogen-bond acceptors (Lipinski definition) is 2. The van der Waals surface area contributed by atoms with Gasteiger partial charge in [-0.1, -0.05) is 78.7 Å². The van der Waals surface area contributed by atoms with Gasteiger partial charge in [0.15, 0.2) is 5.78 Å².